The molecule has 0 fully saturated rings. The quantitative estimate of drug-likeness (QED) is 0.609. The zero-order valence-electron chi connectivity index (χ0n) is 5.91. The Morgan fingerprint density at radius 2 is 2.09 bits per heavy atom. The molecule has 1 aromatic carbocycles. The minimum absolute atomic E-state index is 0.211. The van der Waals surface area contributed by atoms with E-state index in [0.29, 0.717) is 0 Å². The monoisotopic (exact) mass is 147 g/mol. The second kappa shape index (κ2) is 2.40. The van der Waals surface area contributed by atoms with Crippen LogP contribution in [0.4, 0.5) is 0 Å². The fourth-order valence-electron chi connectivity index (χ4n) is 1.14. The van der Waals surface area contributed by atoms with Gasteiger partial charge in [-0.05, 0) is 6.07 Å². The lowest BCUT2D eigenvalue weighted by atomic mass is 10.2. The maximum Gasteiger partial charge on any atom is 0.134 e. The number of fused-ring (bicyclic) bond motifs is 1. The highest BCUT2D eigenvalue weighted by atomic mass is 16.3. The molecule has 11 heavy (non-hydrogen) atoms. The Kier molecular flexibility index (Phi) is 1.40. The fourth-order valence-corrected chi connectivity index (χ4v) is 1.14. The molecular formula is C9H7O2. The average Bonchev–Trinajstić information content (AvgIpc) is 2.47. The van der Waals surface area contributed by atoms with Crippen molar-refractivity contribution in [2.75, 3.05) is 0 Å². The van der Waals surface area contributed by atoms with E-state index in [4.69, 9.17) is 4.42 Å². The Bertz CT molecular complexity index is 362. The Labute approximate surface area is 64.1 Å². The predicted molar refractivity (Wildman–Crippen MR) is 40.6 cm³/mol. The summed E-state index contributed by atoms with van der Waals surface area (Å²) in [6.45, 7) is -0.211. The number of rotatable bonds is 1. The van der Waals surface area contributed by atoms with E-state index in [9.17, 15) is 5.11 Å². The second-order valence-electron chi connectivity index (χ2n) is 2.40. The SMILES string of the molecule is [O]Cc1coc2ccccc12. The van der Waals surface area contributed by atoms with Crippen LogP contribution in [0.3, 0.4) is 0 Å². The first-order chi connectivity index (χ1) is 5.42. The van der Waals surface area contributed by atoms with E-state index >= 15 is 0 Å². The summed E-state index contributed by atoms with van der Waals surface area (Å²) < 4.78 is 5.14. The highest BCUT2D eigenvalue weighted by Gasteiger charge is 2.02. The standard InChI is InChI=1S/C9H7O2/c10-5-7-6-11-9-4-2-1-3-8(7)9/h1-4,6H,5H2. The van der Waals surface area contributed by atoms with Crippen molar-refractivity contribution in [3.05, 3.63) is 36.1 Å². The largest absolute Gasteiger partial charge is 0.464 e. The normalized spacial score (nSPS) is 10.6. The Hall–Kier alpha value is -1.28. The molecule has 0 atom stereocenters. The molecule has 55 valence electrons. The van der Waals surface area contributed by atoms with E-state index in [-0.39, 0.29) is 6.61 Å². The van der Waals surface area contributed by atoms with Gasteiger partial charge in [-0.1, -0.05) is 18.2 Å². The lowest BCUT2D eigenvalue weighted by molar-refractivity contribution is 0.178. The summed E-state index contributed by atoms with van der Waals surface area (Å²) in [6.07, 6.45) is 1.53. The molecule has 1 aromatic heterocycles. The third-order valence-electron chi connectivity index (χ3n) is 1.72. The fraction of sp³-hybridized carbons (Fsp3) is 0.111. The molecule has 1 radical (unpaired) electrons. The summed E-state index contributed by atoms with van der Waals surface area (Å²) in [7, 11) is 0. The van der Waals surface area contributed by atoms with Crippen LogP contribution in [0.5, 0.6) is 0 Å². The Balaban J connectivity index is 2.76. The number of furan rings is 1. The molecule has 2 heteroatoms. The van der Waals surface area contributed by atoms with Crippen molar-refractivity contribution in [2.24, 2.45) is 0 Å². The molecule has 0 aliphatic rings. The van der Waals surface area contributed by atoms with E-state index in [2.05, 4.69) is 0 Å². The van der Waals surface area contributed by atoms with Crippen LogP contribution in [0.15, 0.2) is 34.9 Å². The van der Waals surface area contributed by atoms with Gasteiger partial charge in [-0.2, -0.15) is 0 Å². The molecule has 0 bridgehead atoms. The first kappa shape index (κ1) is 6.43. The van der Waals surface area contributed by atoms with Crippen molar-refractivity contribution < 1.29 is 9.52 Å². The van der Waals surface area contributed by atoms with Crippen LogP contribution >= 0.6 is 0 Å². The van der Waals surface area contributed by atoms with Crippen molar-refractivity contribution in [1.29, 1.82) is 0 Å². The summed E-state index contributed by atoms with van der Waals surface area (Å²) in [5.74, 6) is 0. The van der Waals surface area contributed by atoms with Gasteiger partial charge in [0.05, 0.1) is 6.26 Å². The molecule has 2 rings (SSSR count). The Morgan fingerprint density at radius 1 is 1.27 bits per heavy atom. The predicted octanol–water partition coefficient (Wildman–Crippen LogP) is 2.36. The van der Waals surface area contributed by atoms with E-state index in [0.717, 1.165) is 16.5 Å². The molecule has 0 spiro atoms. The molecule has 0 saturated heterocycles. The number of benzene rings is 1. The van der Waals surface area contributed by atoms with Gasteiger partial charge in [0, 0.05) is 10.9 Å². The third kappa shape index (κ3) is 0.917. The molecule has 1 heterocycles. The van der Waals surface area contributed by atoms with E-state index in [1.807, 2.05) is 24.3 Å². The van der Waals surface area contributed by atoms with Gasteiger partial charge in [-0.3, -0.25) is 0 Å². The summed E-state index contributed by atoms with van der Waals surface area (Å²) in [6, 6.07) is 7.54. The molecule has 2 nitrogen and oxygen atoms in total. The molecule has 0 saturated carbocycles. The molecule has 0 aliphatic heterocycles. The van der Waals surface area contributed by atoms with Crippen molar-refractivity contribution in [2.45, 2.75) is 6.61 Å². The van der Waals surface area contributed by atoms with E-state index in [1.54, 1.807) is 0 Å². The van der Waals surface area contributed by atoms with Gasteiger partial charge in [0.1, 0.15) is 12.2 Å². The topological polar surface area (TPSA) is 33.0 Å². The van der Waals surface area contributed by atoms with Crippen LogP contribution in [-0.4, -0.2) is 0 Å². The van der Waals surface area contributed by atoms with E-state index in [1.165, 1.54) is 6.26 Å². The van der Waals surface area contributed by atoms with Crippen molar-refractivity contribution in [3.8, 4) is 0 Å². The Morgan fingerprint density at radius 3 is 2.91 bits per heavy atom. The van der Waals surface area contributed by atoms with Gasteiger partial charge in [0.25, 0.3) is 0 Å². The summed E-state index contributed by atoms with van der Waals surface area (Å²) in [4.78, 5) is 0. The maximum absolute atomic E-state index is 10.5. The zero-order valence-corrected chi connectivity index (χ0v) is 5.91. The van der Waals surface area contributed by atoms with Gasteiger partial charge in [0.15, 0.2) is 0 Å². The number of para-hydroxylation sites is 1. The van der Waals surface area contributed by atoms with Gasteiger partial charge in [-0.25, -0.2) is 5.11 Å². The lowest BCUT2D eigenvalue weighted by Gasteiger charge is -1.86. The smallest absolute Gasteiger partial charge is 0.134 e. The molecule has 2 aromatic rings. The van der Waals surface area contributed by atoms with Crippen molar-refractivity contribution in [1.82, 2.24) is 0 Å². The summed E-state index contributed by atoms with van der Waals surface area (Å²) in [5.41, 5.74) is 1.53. The maximum atomic E-state index is 10.5. The van der Waals surface area contributed by atoms with Crippen molar-refractivity contribution in [3.63, 3.8) is 0 Å². The highest BCUT2D eigenvalue weighted by molar-refractivity contribution is 5.80. The zero-order chi connectivity index (χ0) is 7.68. The molecular weight excluding hydrogens is 140 g/mol. The van der Waals surface area contributed by atoms with Crippen LogP contribution in [0.25, 0.3) is 11.0 Å². The van der Waals surface area contributed by atoms with Gasteiger partial charge < -0.3 is 4.42 Å². The van der Waals surface area contributed by atoms with Gasteiger partial charge in [-0.15, -0.1) is 0 Å². The minimum Gasteiger partial charge on any atom is -0.464 e. The number of hydrogen-bond donors (Lipinski definition) is 0. The third-order valence-corrected chi connectivity index (χ3v) is 1.72. The first-order valence-corrected chi connectivity index (χ1v) is 3.45. The average molecular weight is 147 g/mol. The molecule has 0 unspecified atom stereocenters. The molecule has 0 N–H and O–H groups in total. The summed E-state index contributed by atoms with van der Waals surface area (Å²) in [5, 5.41) is 11.5. The van der Waals surface area contributed by atoms with Crippen LogP contribution in [0.1, 0.15) is 5.56 Å². The van der Waals surface area contributed by atoms with E-state index < -0.39 is 0 Å². The number of hydrogen-bond acceptors (Lipinski definition) is 1. The summed E-state index contributed by atoms with van der Waals surface area (Å²) >= 11 is 0. The van der Waals surface area contributed by atoms with Crippen LogP contribution in [0.2, 0.25) is 0 Å². The van der Waals surface area contributed by atoms with Gasteiger partial charge in [0.2, 0.25) is 0 Å². The van der Waals surface area contributed by atoms with Gasteiger partial charge >= 0.3 is 0 Å². The molecule has 0 aliphatic carbocycles. The molecule has 0 amide bonds. The van der Waals surface area contributed by atoms with Crippen molar-refractivity contribution >= 4 is 11.0 Å². The first-order valence-electron chi connectivity index (χ1n) is 3.45. The van der Waals surface area contributed by atoms with Crippen LogP contribution < -0.4 is 0 Å². The van der Waals surface area contributed by atoms with Crippen LogP contribution in [0, 0.1) is 0 Å². The second-order valence-corrected chi connectivity index (χ2v) is 2.40. The van der Waals surface area contributed by atoms with Crippen LogP contribution in [-0.2, 0) is 11.7 Å². The lowest BCUT2D eigenvalue weighted by Crippen LogP contribution is -1.75. The highest BCUT2D eigenvalue weighted by Crippen LogP contribution is 2.20. The minimum atomic E-state index is -0.211.